The van der Waals surface area contributed by atoms with Crippen LogP contribution >= 0.6 is 11.6 Å². The highest BCUT2D eigenvalue weighted by Gasteiger charge is 2.22. The van der Waals surface area contributed by atoms with Crippen LogP contribution in [-0.4, -0.2) is 55.1 Å². The van der Waals surface area contributed by atoms with E-state index in [9.17, 15) is 8.42 Å². The normalized spacial score (nSPS) is 17.6. The van der Waals surface area contributed by atoms with Gasteiger partial charge in [0.05, 0.1) is 23.5 Å². The van der Waals surface area contributed by atoms with Gasteiger partial charge in [-0.1, -0.05) is 11.6 Å². The van der Waals surface area contributed by atoms with Crippen LogP contribution in [0.15, 0.2) is 24.4 Å². The third kappa shape index (κ3) is 3.31. The first-order chi connectivity index (χ1) is 10.4. The first kappa shape index (κ1) is 15.5. The van der Waals surface area contributed by atoms with Gasteiger partial charge in [-0.3, -0.25) is 4.98 Å². The highest BCUT2D eigenvalue weighted by molar-refractivity contribution is 7.88. The summed E-state index contributed by atoms with van der Waals surface area (Å²) in [6, 6.07) is 5.41. The van der Waals surface area contributed by atoms with Gasteiger partial charge in [-0.15, -0.1) is 0 Å². The van der Waals surface area contributed by atoms with E-state index in [4.69, 9.17) is 11.6 Å². The van der Waals surface area contributed by atoms with Gasteiger partial charge in [0.15, 0.2) is 0 Å². The smallest absolute Gasteiger partial charge is 0.211 e. The zero-order valence-corrected chi connectivity index (χ0v) is 13.8. The summed E-state index contributed by atoms with van der Waals surface area (Å²) in [6.45, 7) is 2.39. The fourth-order valence-corrected chi connectivity index (χ4v) is 3.62. The Morgan fingerprint density at radius 1 is 1.14 bits per heavy atom. The van der Waals surface area contributed by atoms with Crippen molar-refractivity contribution in [3.63, 3.8) is 0 Å². The highest BCUT2D eigenvalue weighted by Crippen LogP contribution is 2.20. The van der Waals surface area contributed by atoms with E-state index in [1.165, 1.54) is 10.6 Å². The van der Waals surface area contributed by atoms with Crippen LogP contribution in [0, 0.1) is 0 Å². The van der Waals surface area contributed by atoms with Gasteiger partial charge < -0.3 is 4.90 Å². The van der Waals surface area contributed by atoms with Crippen molar-refractivity contribution in [2.75, 3.05) is 37.3 Å². The lowest BCUT2D eigenvalue weighted by Gasteiger charge is -2.21. The van der Waals surface area contributed by atoms with Gasteiger partial charge in [-0.25, -0.2) is 17.7 Å². The standard InChI is InChI=1S/C14H17ClN4O2S/c1-22(20,21)19-6-2-5-18(7-8-19)14-10-16-13-9-11(15)3-4-12(13)17-14/h3-4,9-10H,2,5-8H2,1H3. The molecule has 1 aliphatic heterocycles. The quantitative estimate of drug-likeness (QED) is 0.833. The number of rotatable bonds is 2. The number of aromatic nitrogens is 2. The van der Waals surface area contributed by atoms with Crippen LogP contribution in [-0.2, 0) is 10.0 Å². The number of hydrogen-bond acceptors (Lipinski definition) is 5. The average Bonchev–Trinajstić information content (AvgIpc) is 2.72. The molecule has 8 heteroatoms. The molecule has 118 valence electrons. The van der Waals surface area contributed by atoms with Gasteiger partial charge in [0.2, 0.25) is 10.0 Å². The molecule has 0 bridgehead atoms. The second-order valence-corrected chi connectivity index (χ2v) is 7.78. The van der Waals surface area contributed by atoms with Gasteiger partial charge in [-0.2, -0.15) is 0 Å². The van der Waals surface area contributed by atoms with E-state index < -0.39 is 10.0 Å². The predicted molar refractivity (Wildman–Crippen MR) is 87.8 cm³/mol. The molecule has 0 amide bonds. The third-order valence-electron chi connectivity index (χ3n) is 3.74. The maximum atomic E-state index is 11.7. The number of sulfonamides is 1. The third-order valence-corrected chi connectivity index (χ3v) is 5.28. The van der Waals surface area contributed by atoms with Gasteiger partial charge >= 0.3 is 0 Å². The summed E-state index contributed by atoms with van der Waals surface area (Å²) in [7, 11) is -3.14. The van der Waals surface area contributed by atoms with Crippen LogP contribution in [0.3, 0.4) is 0 Å². The summed E-state index contributed by atoms with van der Waals surface area (Å²) in [6.07, 6.45) is 3.74. The van der Waals surface area contributed by atoms with Crippen LogP contribution in [0.5, 0.6) is 0 Å². The Balaban J connectivity index is 1.83. The predicted octanol–water partition coefficient (Wildman–Crippen LogP) is 1.75. The molecule has 0 spiro atoms. The number of nitrogens with zero attached hydrogens (tertiary/aromatic N) is 4. The molecule has 0 unspecified atom stereocenters. The minimum Gasteiger partial charge on any atom is -0.354 e. The fraction of sp³-hybridized carbons (Fsp3) is 0.429. The second-order valence-electron chi connectivity index (χ2n) is 5.36. The maximum Gasteiger partial charge on any atom is 0.211 e. The number of halogens is 1. The molecular weight excluding hydrogens is 324 g/mol. The van der Waals surface area contributed by atoms with Crippen LogP contribution < -0.4 is 4.90 Å². The lowest BCUT2D eigenvalue weighted by atomic mass is 10.3. The largest absolute Gasteiger partial charge is 0.354 e. The van der Waals surface area contributed by atoms with Crippen molar-refractivity contribution in [1.82, 2.24) is 14.3 Å². The van der Waals surface area contributed by atoms with Crippen LogP contribution in [0.4, 0.5) is 5.82 Å². The topological polar surface area (TPSA) is 66.4 Å². The Bertz CT molecular complexity index is 797. The molecule has 0 aliphatic carbocycles. The number of fused-ring (bicyclic) bond motifs is 1. The van der Waals surface area contributed by atoms with E-state index in [0.717, 1.165) is 29.8 Å². The summed E-state index contributed by atoms with van der Waals surface area (Å²) < 4.78 is 24.8. The monoisotopic (exact) mass is 340 g/mol. The van der Waals surface area contributed by atoms with Crippen molar-refractivity contribution in [2.45, 2.75) is 6.42 Å². The molecule has 2 aromatic rings. The molecule has 0 atom stereocenters. The molecule has 0 saturated carbocycles. The first-order valence-electron chi connectivity index (χ1n) is 7.06. The van der Waals surface area contributed by atoms with Gasteiger partial charge in [0.1, 0.15) is 5.82 Å². The van der Waals surface area contributed by atoms with E-state index in [1.54, 1.807) is 18.3 Å². The molecular formula is C14H17ClN4O2S. The summed E-state index contributed by atoms with van der Waals surface area (Å²) in [5, 5.41) is 0.633. The molecule has 1 fully saturated rings. The molecule has 2 heterocycles. The molecule has 1 saturated heterocycles. The van der Waals surface area contributed by atoms with Crippen molar-refractivity contribution in [3.8, 4) is 0 Å². The number of hydrogen-bond donors (Lipinski definition) is 0. The molecule has 0 radical (unpaired) electrons. The van der Waals surface area contributed by atoms with Crippen molar-refractivity contribution in [1.29, 1.82) is 0 Å². The molecule has 22 heavy (non-hydrogen) atoms. The van der Waals surface area contributed by atoms with Crippen LogP contribution in [0.1, 0.15) is 6.42 Å². The van der Waals surface area contributed by atoms with E-state index >= 15 is 0 Å². The molecule has 1 aromatic carbocycles. The van der Waals surface area contributed by atoms with Crippen molar-refractivity contribution in [2.24, 2.45) is 0 Å². The van der Waals surface area contributed by atoms with E-state index in [1.807, 2.05) is 6.07 Å². The Kier molecular flexibility index (Phi) is 4.20. The van der Waals surface area contributed by atoms with E-state index in [-0.39, 0.29) is 0 Å². The zero-order valence-electron chi connectivity index (χ0n) is 12.2. The number of benzene rings is 1. The maximum absolute atomic E-state index is 11.7. The second kappa shape index (κ2) is 5.98. The first-order valence-corrected chi connectivity index (χ1v) is 9.28. The Morgan fingerprint density at radius 3 is 2.73 bits per heavy atom. The summed E-state index contributed by atoms with van der Waals surface area (Å²) in [5.41, 5.74) is 1.54. The summed E-state index contributed by atoms with van der Waals surface area (Å²) in [4.78, 5) is 11.1. The SMILES string of the molecule is CS(=O)(=O)N1CCCN(c2cnc3cc(Cl)ccc3n2)CC1. The molecule has 3 rings (SSSR count). The average molecular weight is 341 g/mol. The number of anilines is 1. The van der Waals surface area contributed by atoms with Gasteiger partial charge in [-0.05, 0) is 24.6 Å². The van der Waals surface area contributed by atoms with Crippen molar-refractivity contribution >= 4 is 38.5 Å². The van der Waals surface area contributed by atoms with E-state index in [0.29, 0.717) is 24.7 Å². The van der Waals surface area contributed by atoms with Gasteiger partial charge in [0, 0.05) is 31.2 Å². The van der Waals surface area contributed by atoms with E-state index in [2.05, 4.69) is 14.9 Å². The Hall–Kier alpha value is -1.44. The van der Waals surface area contributed by atoms with Crippen molar-refractivity contribution < 1.29 is 8.42 Å². The lowest BCUT2D eigenvalue weighted by Crippen LogP contribution is -2.34. The molecule has 6 nitrogen and oxygen atoms in total. The minimum absolute atomic E-state index is 0.471. The Morgan fingerprint density at radius 2 is 1.95 bits per heavy atom. The Labute approximate surface area is 134 Å². The summed E-state index contributed by atoms with van der Waals surface area (Å²) >= 11 is 5.95. The van der Waals surface area contributed by atoms with Crippen LogP contribution in [0.25, 0.3) is 11.0 Å². The van der Waals surface area contributed by atoms with Crippen molar-refractivity contribution in [3.05, 3.63) is 29.4 Å². The highest BCUT2D eigenvalue weighted by atomic mass is 35.5. The molecule has 1 aliphatic rings. The van der Waals surface area contributed by atoms with Crippen LogP contribution in [0.2, 0.25) is 5.02 Å². The fourth-order valence-electron chi connectivity index (χ4n) is 2.58. The molecule has 1 aromatic heterocycles. The lowest BCUT2D eigenvalue weighted by molar-refractivity contribution is 0.437. The molecule has 0 N–H and O–H groups in total. The van der Waals surface area contributed by atoms with Gasteiger partial charge in [0.25, 0.3) is 0 Å². The summed E-state index contributed by atoms with van der Waals surface area (Å²) in [5.74, 6) is 0.769. The minimum atomic E-state index is -3.14. The zero-order chi connectivity index (χ0) is 15.7.